The number of thiocarbonyl (C=S) groups is 1. The molecule has 0 aromatic heterocycles. The van der Waals surface area contributed by atoms with Crippen molar-refractivity contribution in [1.29, 1.82) is 0 Å². The van der Waals surface area contributed by atoms with Crippen LogP contribution in [0.3, 0.4) is 0 Å². The molecule has 3 N–H and O–H groups in total. The highest BCUT2D eigenvalue weighted by Gasteiger charge is 2.31. The van der Waals surface area contributed by atoms with Crippen molar-refractivity contribution in [2.24, 2.45) is 0 Å². The van der Waals surface area contributed by atoms with Crippen molar-refractivity contribution in [2.75, 3.05) is 18.4 Å². The monoisotopic (exact) mass is 378 g/mol. The summed E-state index contributed by atoms with van der Waals surface area (Å²) in [6.07, 6.45) is 2.24. The van der Waals surface area contributed by atoms with E-state index in [0.717, 1.165) is 41.5 Å². The first-order valence-electron chi connectivity index (χ1n) is 6.94. The molecule has 2 aliphatic heterocycles. The number of rotatable bonds is 2. The van der Waals surface area contributed by atoms with Gasteiger partial charge in [-0.1, -0.05) is 41.6 Å². The molecule has 1 aromatic carbocycles. The molecule has 0 radical (unpaired) electrons. The number of fused-ring (bicyclic) bond motifs is 1. The van der Waals surface area contributed by atoms with Crippen molar-refractivity contribution in [2.45, 2.75) is 24.7 Å². The Labute approximate surface area is 151 Å². The Bertz CT molecular complexity index is 559. The number of piperidine rings is 1. The minimum Gasteiger partial charge on any atom is -0.423 e. The van der Waals surface area contributed by atoms with Crippen molar-refractivity contribution in [3.63, 3.8) is 0 Å². The van der Waals surface area contributed by atoms with Crippen LogP contribution in [-0.4, -0.2) is 34.8 Å². The number of hydrogen-bond donors (Lipinski definition) is 3. The second kappa shape index (κ2) is 8.19. The maximum atomic E-state index is 9.80. The molecule has 3 rings (SSSR count). The second-order valence-corrected chi connectivity index (χ2v) is 7.50. The summed E-state index contributed by atoms with van der Waals surface area (Å²) in [6, 6.07) is 3.80. The van der Waals surface area contributed by atoms with E-state index in [9.17, 15) is 5.02 Å². The number of anilines is 1. The number of hydrogen-bond acceptors (Lipinski definition) is 5. The average Bonchev–Trinajstić information content (AvgIpc) is 2.85. The Balaban J connectivity index is 0.00000176. The molecule has 0 aliphatic carbocycles. The van der Waals surface area contributed by atoms with Gasteiger partial charge in [0.25, 0.3) is 0 Å². The SMILES string of the molecule is Cl.OB1OCc2ccc(NC(=S)SC3CCNCC3)c(Cl)c21. The molecule has 0 bridgehead atoms. The molecule has 22 heavy (non-hydrogen) atoms. The molecule has 1 saturated heterocycles. The number of thioether (sulfide) groups is 1. The molecule has 2 aliphatic rings. The molecule has 9 heteroatoms. The van der Waals surface area contributed by atoms with E-state index in [2.05, 4.69) is 10.6 Å². The van der Waals surface area contributed by atoms with Gasteiger partial charge < -0.3 is 20.3 Å². The molecule has 0 saturated carbocycles. The molecule has 0 spiro atoms. The Morgan fingerprint density at radius 1 is 1.45 bits per heavy atom. The first kappa shape index (κ1) is 18.3. The van der Waals surface area contributed by atoms with E-state index in [1.165, 1.54) is 0 Å². The minimum absolute atomic E-state index is 0. The van der Waals surface area contributed by atoms with Crippen LogP contribution >= 0.6 is 48.0 Å². The summed E-state index contributed by atoms with van der Waals surface area (Å²) in [5, 5.41) is 17.4. The van der Waals surface area contributed by atoms with Gasteiger partial charge in [0.1, 0.15) is 4.32 Å². The number of halogens is 2. The number of benzene rings is 1. The molecule has 1 aromatic rings. The van der Waals surface area contributed by atoms with Crippen LogP contribution in [0.4, 0.5) is 5.69 Å². The lowest BCUT2D eigenvalue weighted by Crippen LogP contribution is -2.31. The highest BCUT2D eigenvalue weighted by Crippen LogP contribution is 2.28. The third-order valence-corrected chi connectivity index (χ3v) is 5.63. The normalized spacial score (nSPS) is 17.8. The van der Waals surface area contributed by atoms with Gasteiger partial charge in [-0.15, -0.1) is 12.4 Å². The van der Waals surface area contributed by atoms with E-state index in [1.54, 1.807) is 11.8 Å². The summed E-state index contributed by atoms with van der Waals surface area (Å²) in [5.41, 5.74) is 2.30. The third kappa shape index (κ3) is 4.09. The van der Waals surface area contributed by atoms with Crippen molar-refractivity contribution >= 4 is 70.6 Å². The van der Waals surface area contributed by atoms with Crippen LogP contribution in [0.1, 0.15) is 18.4 Å². The highest BCUT2D eigenvalue weighted by molar-refractivity contribution is 8.23. The van der Waals surface area contributed by atoms with E-state index in [4.69, 9.17) is 28.5 Å². The molecule has 0 unspecified atom stereocenters. The van der Waals surface area contributed by atoms with Gasteiger partial charge in [0, 0.05) is 10.7 Å². The predicted octanol–water partition coefficient (Wildman–Crippen LogP) is 2.16. The summed E-state index contributed by atoms with van der Waals surface area (Å²) >= 11 is 13.5. The van der Waals surface area contributed by atoms with E-state index in [-0.39, 0.29) is 12.4 Å². The lowest BCUT2D eigenvalue weighted by atomic mass is 9.79. The number of nitrogens with one attached hydrogen (secondary N) is 2. The first-order valence-corrected chi connectivity index (χ1v) is 8.61. The maximum absolute atomic E-state index is 9.80. The van der Waals surface area contributed by atoms with Crippen molar-refractivity contribution in [3.8, 4) is 0 Å². The fourth-order valence-electron chi connectivity index (χ4n) is 2.58. The lowest BCUT2D eigenvalue weighted by molar-refractivity contribution is 0.275. The fraction of sp³-hybridized carbons (Fsp3) is 0.462. The van der Waals surface area contributed by atoms with Gasteiger partial charge in [0.2, 0.25) is 0 Å². The lowest BCUT2D eigenvalue weighted by Gasteiger charge is -2.22. The smallest absolute Gasteiger partial charge is 0.423 e. The van der Waals surface area contributed by atoms with Gasteiger partial charge >= 0.3 is 7.12 Å². The van der Waals surface area contributed by atoms with Crippen LogP contribution in [0.5, 0.6) is 0 Å². The van der Waals surface area contributed by atoms with Crippen LogP contribution in [0.25, 0.3) is 0 Å². The van der Waals surface area contributed by atoms with E-state index in [1.807, 2.05) is 12.1 Å². The van der Waals surface area contributed by atoms with Crippen LogP contribution in [0, 0.1) is 0 Å². The zero-order valence-electron chi connectivity index (χ0n) is 11.8. The maximum Gasteiger partial charge on any atom is 0.493 e. The third-order valence-electron chi connectivity index (χ3n) is 3.71. The zero-order valence-corrected chi connectivity index (χ0v) is 15.0. The molecule has 4 nitrogen and oxygen atoms in total. The van der Waals surface area contributed by atoms with E-state index in [0.29, 0.717) is 22.3 Å². The molecule has 2 heterocycles. The Hall–Kier alpha value is -0.0151. The van der Waals surface area contributed by atoms with E-state index < -0.39 is 7.12 Å². The van der Waals surface area contributed by atoms with Crippen molar-refractivity contribution < 1.29 is 9.68 Å². The van der Waals surface area contributed by atoms with Crippen LogP contribution < -0.4 is 16.1 Å². The largest absolute Gasteiger partial charge is 0.493 e. The Morgan fingerprint density at radius 3 is 2.91 bits per heavy atom. The Morgan fingerprint density at radius 2 is 2.18 bits per heavy atom. The van der Waals surface area contributed by atoms with Crippen LogP contribution in [0.2, 0.25) is 5.02 Å². The molecule has 120 valence electrons. The standard InChI is InChI=1S/C13H16BClN2O2S2.ClH/c15-12-10(2-1-8-7-19-14(18)11(8)12)17-13(20)21-9-3-5-16-6-4-9;/h1-2,9,16,18H,3-7H2,(H,17,20);1H. The van der Waals surface area contributed by atoms with Crippen LogP contribution in [0.15, 0.2) is 12.1 Å². The van der Waals surface area contributed by atoms with Gasteiger partial charge in [-0.25, -0.2) is 0 Å². The average molecular weight is 379 g/mol. The van der Waals surface area contributed by atoms with Gasteiger partial charge in [0.05, 0.1) is 17.3 Å². The van der Waals surface area contributed by atoms with Gasteiger partial charge in [-0.2, -0.15) is 0 Å². The first-order chi connectivity index (χ1) is 10.1. The molecule has 0 amide bonds. The highest BCUT2D eigenvalue weighted by atomic mass is 35.5. The van der Waals surface area contributed by atoms with E-state index >= 15 is 0 Å². The topological polar surface area (TPSA) is 53.5 Å². The summed E-state index contributed by atoms with van der Waals surface area (Å²) < 4.78 is 5.90. The summed E-state index contributed by atoms with van der Waals surface area (Å²) in [7, 11) is -0.945. The van der Waals surface area contributed by atoms with Gasteiger partial charge in [0.15, 0.2) is 0 Å². The van der Waals surface area contributed by atoms with Gasteiger partial charge in [-0.3, -0.25) is 0 Å². The minimum atomic E-state index is -0.945. The summed E-state index contributed by atoms with van der Waals surface area (Å²) in [6.45, 7) is 2.48. The molecular formula is C13H17BCl2N2O2S2. The second-order valence-electron chi connectivity index (χ2n) is 5.14. The van der Waals surface area contributed by atoms with Crippen LogP contribution in [-0.2, 0) is 11.3 Å². The summed E-state index contributed by atoms with van der Waals surface area (Å²) in [4.78, 5) is 0. The molecule has 1 fully saturated rings. The zero-order chi connectivity index (χ0) is 14.8. The van der Waals surface area contributed by atoms with Gasteiger partial charge in [-0.05, 0) is 37.6 Å². The summed E-state index contributed by atoms with van der Waals surface area (Å²) in [5.74, 6) is 0. The fourth-order valence-corrected chi connectivity index (χ4v) is 4.36. The van der Waals surface area contributed by atoms with Crippen molar-refractivity contribution in [3.05, 3.63) is 22.7 Å². The molecule has 0 atom stereocenters. The van der Waals surface area contributed by atoms with Crippen molar-refractivity contribution in [1.82, 2.24) is 5.32 Å². The quantitative estimate of drug-likeness (QED) is 0.541. The Kier molecular flexibility index (Phi) is 6.82. The predicted molar refractivity (Wildman–Crippen MR) is 101 cm³/mol. The molecular weight excluding hydrogens is 362 g/mol.